The molecule has 0 bridgehead atoms. The Kier molecular flexibility index (Phi) is 10.9. The number of carbonyl (C=O) groups excluding carboxylic acids is 2. The number of aromatic carboxylic acids is 1. The fourth-order valence-electron chi connectivity index (χ4n) is 5.30. The number of aryl methyl sites for hydroxylation is 1. The zero-order valence-corrected chi connectivity index (χ0v) is 27.1. The first-order chi connectivity index (χ1) is 22.6. The van der Waals surface area contributed by atoms with Crippen LogP contribution in [0.1, 0.15) is 46.9 Å². The molecule has 4 aromatic rings. The van der Waals surface area contributed by atoms with Crippen molar-refractivity contribution < 1.29 is 19.5 Å². The van der Waals surface area contributed by atoms with Gasteiger partial charge in [-0.05, 0) is 74.3 Å². The fraction of sp³-hybridized carbons (Fsp3) is 0.273. The number of hydrogen-bond donors (Lipinski definition) is 4. The summed E-state index contributed by atoms with van der Waals surface area (Å²) in [5.74, 6) is -1.52. The lowest BCUT2D eigenvalue weighted by molar-refractivity contribution is 0.0697. The molecule has 3 amide bonds. The summed E-state index contributed by atoms with van der Waals surface area (Å²) in [5, 5.41) is 22.5. The average molecular weight is 679 g/mol. The molecular formula is C33H33Cl2N7O5. The Morgan fingerprint density at radius 2 is 1.60 bits per heavy atom. The molecule has 4 N–H and O–H groups in total. The van der Waals surface area contributed by atoms with Gasteiger partial charge in [0, 0.05) is 43.2 Å². The first kappa shape index (κ1) is 33.6. The van der Waals surface area contributed by atoms with E-state index in [1.165, 1.54) is 41.7 Å². The Bertz CT molecular complexity index is 1850. The van der Waals surface area contributed by atoms with E-state index < -0.39 is 17.6 Å². The van der Waals surface area contributed by atoms with Crippen molar-refractivity contribution in [2.45, 2.75) is 32.7 Å². The first-order valence-electron chi connectivity index (χ1n) is 15.1. The number of rotatable bonds is 10. The van der Waals surface area contributed by atoms with Gasteiger partial charge in [-0.15, -0.1) is 0 Å². The van der Waals surface area contributed by atoms with Gasteiger partial charge in [0.2, 0.25) is 0 Å². The predicted octanol–water partition coefficient (Wildman–Crippen LogP) is 5.86. The lowest BCUT2D eigenvalue weighted by Crippen LogP contribution is -2.37. The van der Waals surface area contributed by atoms with Crippen molar-refractivity contribution in [3.05, 3.63) is 92.5 Å². The summed E-state index contributed by atoms with van der Waals surface area (Å²) in [5.41, 5.74) is 1.86. The number of carboxylic acid groups (broad SMARTS) is 1. The summed E-state index contributed by atoms with van der Waals surface area (Å²) in [4.78, 5) is 57.2. The normalized spacial score (nSPS) is 13.2. The van der Waals surface area contributed by atoms with Crippen molar-refractivity contribution in [3.63, 3.8) is 0 Å². The molecule has 12 nitrogen and oxygen atoms in total. The van der Waals surface area contributed by atoms with Gasteiger partial charge in [0.05, 0.1) is 27.0 Å². The van der Waals surface area contributed by atoms with Crippen LogP contribution in [0.5, 0.6) is 0 Å². The van der Waals surface area contributed by atoms with E-state index in [9.17, 15) is 24.3 Å². The number of halogens is 2. The molecule has 14 heteroatoms. The van der Waals surface area contributed by atoms with Crippen LogP contribution in [0.25, 0.3) is 22.4 Å². The van der Waals surface area contributed by atoms with E-state index >= 15 is 0 Å². The molecule has 1 aliphatic heterocycles. The number of hydrogen-bond acceptors (Lipinski definition) is 7. The Morgan fingerprint density at radius 3 is 2.30 bits per heavy atom. The lowest BCUT2D eigenvalue weighted by atomic mass is 9.97. The van der Waals surface area contributed by atoms with Crippen LogP contribution < -0.4 is 21.5 Å². The molecule has 47 heavy (non-hydrogen) atoms. The predicted molar refractivity (Wildman–Crippen MR) is 182 cm³/mol. The molecule has 1 aliphatic rings. The third kappa shape index (κ3) is 8.33. The van der Waals surface area contributed by atoms with Crippen molar-refractivity contribution >= 4 is 52.5 Å². The Hall–Kier alpha value is -4.78. The van der Waals surface area contributed by atoms with Gasteiger partial charge in [-0.2, -0.15) is 5.10 Å². The van der Waals surface area contributed by atoms with Crippen LogP contribution in [0.3, 0.4) is 0 Å². The number of nitrogens with zero attached hydrogens (tertiary/aromatic N) is 4. The number of benzene rings is 2. The molecular weight excluding hydrogens is 645 g/mol. The number of anilines is 2. The van der Waals surface area contributed by atoms with Crippen molar-refractivity contribution in [1.82, 2.24) is 25.0 Å². The zero-order chi connectivity index (χ0) is 33.5. The number of likely N-dealkylation sites (tertiary alicyclic amines) is 1. The molecule has 1 saturated heterocycles. The number of nitrogens with one attached hydrogen (secondary N) is 3. The van der Waals surface area contributed by atoms with E-state index in [4.69, 9.17) is 23.2 Å². The molecule has 0 spiro atoms. The van der Waals surface area contributed by atoms with E-state index in [0.29, 0.717) is 28.9 Å². The summed E-state index contributed by atoms with van der Waals surface area (Å²) < 4.78 is 1.21. The summed E-state index contributed by atoms with van der Waals surface area (Å²) >= 11 is 12.2. The van der Waals surface area contributed by atoms with E-state index in [0.717, 1.165) is 32.5 Å². The van der Waals surface area contributed by atoms with E-state index in [1.807, 2.05) is 0 Å². The van der Waals surface area contributed by atoms with Crippen molar-refractivity contribution in [3.8, 4) is 22.4 Å². The van der Waals surface area contributed by atoms with Gasteiger partial charge in [-0.3, -0.25) is 14.6 Å². The SMILES string of the molecule is CCn1nc(-c2cccc(-c3cc(C(=O)O)cc(C(=O)NCCN4CCCCC4)c3)c2)cc(NC(=O)Nc2c(Cl)cncc2Cl)c1=O. The Balaban J connectivity index is 1.41. The molecule has 0 aliphatic carbocycles. The highest BCUT2D eigenvalue weighted by atomic mass is 35.5. The van der Waals surface area contributed by atoms with Gasteiger partial charge in [-0.1, -0.05) is 47.8 Å². The van der Waals surface area contributed by atoms with Gasteiger partial charge in [0.1, 0.15) is 5.69 Å². The molecule has 0 radical (unpaired) electrons. The van der Waals surface area contributed by atoms with E-state index in [1.54, 1.807) is 37.3 Å². The van der Waals surface area contributed by atoms with Crippen LogP contribution >= 0.6 is 23.2 Å². The monoisotopic (exact) mass is 677 g/mol. The number of carboxylic acids is 1. The van der Waals surface area contributed by atoms with Crippen molar-refractivity contribution in [2.75, 3.05) is 36.8 Å². The van der Waals surface area contributed by atoms with Crippen LogP contribution in [0.2, 0.25) is 10.0 Å². The smallest absolute Gasteiger partial charge is 0.335 e. The third-order valence-corrected chi connectivity index (χ3v) is 8.28. The van der Waals surface area contributed by atoms with Crippen LogP contribution in [0.4, 0.5) is 16.2 Å². The summed E-state index contributed by atoms with van der Waals surface area (Å²) in [6, 6.07) is 12.3. The Morgan fingerprint density at radius 1 is 0.894 bits per heavy atom. The average Bonchev–Trinajstić information content (AvgIpc) is 3.07. The number of aromatic nitrogens is 3. The molecule has 5 rings (SSSR count). The highest BCUT2D eigenvalue weighted by Crippen LogP contribution is 2.30. The van der Waals surface area contributed by atoms with Crippen LogP contribution in [0.15, 0.2) is 65.7 Å². The molecule has 3 heterocycles. The maximum Gasteiger partial charge on any atom is 0.335 e. The minimum absolute atomic E-state index is 0.0290. The largest absolute Gasteiger partial charge is 0.478 e. The van der Waals surface area contributed by atoms with Crippen LogP contribution in [-0.4, -0.2) is 68.9 Å². The summed E-state index contributed by atoms with van der Waals surface area (Å²) in [6.07, 6.45) is 6.17. The summed E-state index contributed by atoms with van der Waals surface area (Å²) in [7, 11) is 0. The van der Waals surface area contributed by atoms with Crippen molar-refractivity contribution in [1.29, 1.82) is 0 Å². The molecule has 0 saturated carbocycles. The van der Waals surface area contributed by atoms with E-state index in [2.05, 4.69) is 30.9 Å². The van der Waals surface area contributed by atoms with Gasteiger partial charge in [0.15, 0.2) is 0 Å². The van der Waals surface area contributed by atoms with Gasteiger partial charge in [0.25, 0.3) is 11.5 Å². The van der Waals surface area contributed by atoms with Crippen molar-refractivity contribution in [2.24, 2.45) is 0 Å². The molecule has 0 unspecified atom stereocenters. The highest BCUT2D eigenvalue weighted by molar-refractivity contribution is 6.39. The van der Waals surface area contributed by atoms with Gasteiger partial charge < -0.3 is 26.0 Å². The lowest BCUT2D eigenvalue weighted by Gasteiger charge is -2.26. The van der Waals surface area contributed by atoms with Gasteiger partial charge in [-0.25, -0.2) is 14.3 Å². The number of amides is 3. The van der Waals surface area contributed by atoms with Crippen LogP contribution in [0, 0.1) is 0 Å². The molecule has 0 atom stereocenters. The zero-order valence-electron chi connectivity index (χ0n) is 25.6. The molecule has 2 aromatic heterocycles. The quantitative estimate of drug-likeness (QED) is 0.163. The highest BCUT2D eigenvalue weighted by Gasteiger charge is 2.17. The van der Waals surface area contributed by atoms with E-state index in [-0.39, 0.29) is 45.0 Å². The number of carbonyl (C=O) groups is 3. The van der Waals surface area contributed by atoms with Crippen LogP contribution in [-0.2, 0) is 6.54 Å². The minimum atomic E-state index is -1.16. The maximum absolute atomic E-state index is 13.1. The third-order valence-electron chi connectivity index (χ3n) is 7.71. The second-order valence-electron chi connectivity index (χ2n) is 11.0. The number of urea groups is 1. The second kappa shape index (κ2) is 15.2. The number of pyridine rings is 1. The summed E-state index contributed by atoms with van der Waals surface area (Å²) in [6.45, 7) is 5.17. The minimum Gasteiger partial charge on any atom is -0.478 e. The standard InChI is InChI=1S/C33H33Cl2N7O5/c1-2-42-31(44)28(38-33(47)39-29-25(34)18-36-19-26(29)35)17-27(40-42)21-8-6-7-20(13-21)22-14-23(16-24(15-22)32(45)46)30(43)37-9-12-41-10-4-3-5-11-41/h6-8,13-19H,2-5,9-12H2,1H3,(H,37,43)(H,45,46)(H2,36,38,39,47). The Labute approximate surface area is 280 Å². The molecule has 244 valence electrons. The fourth-order valence-corrected chi connectivity index (χ4v) is 5.76. The second-order valence-corrected chi connectivity index (χ2v) is 11.8. The molecule has 1 fully saturated rings. The molecule has 2 aromatic carbocycles. The maximum atomic E-state index is 13.1. The first-order valence-corrected chi connectivity index (χ1v) is 15.9. The van der Waals surface area contributed by atoms with Gasteiger partial charge >= 0.3 is 12.0 Å². The topological polar surface area (TPSA) is 159 Å². The number of piperidine rings is 1.